The lowest BCUT2D eigenvalue weighted by atomic mass is 10.1. The Morgan fingerprint density at radius 3 is 2.78 bits per heavy atom. The molecule has 1 aromatic rings. The number of benzene rings is 1. The van der Waals surface area contributed by atoms with Crippen LogP contribution in [-0.2, 0) is 0 Å². The van der Waals surface area contributed by atoms with Crippen molar-refractivity contribution >= 4 is 17.5 Å². The van der Waals surface area contributed by atoms with Crippen LogP contribution in [0.3, 0.4) is 0 Å². The molecule has 4 heteroatoms. The van der Waals surface area contributed by atoms with Crippen LogP contribution in [0.4, 0.5) is 0 Å². The Morgan fingerprint density at radius 1 is 1.44 bits per heavy atom. The van der Waals surface area contributed by atoms with E-state index in [9.17, 15) is 9.90 Å². The second-order valence-corrected chi connectivity index (χ2v) is 4.94. The van der Waals surface area contributed by atoms with Crippen LogP contribution in [0.25, 0.3) is 0 Å². The first kappa shape index (κ1) is 14.8. The van der Waals surface area contributed by atoms with Crippen molar-refractivity contribution in [3.63, 3.8) is 0 Å². The highest BCUT2D eigenvalue weighted by molar-refractivity contribution is 6.32. The lowest BCUT2D eigenvalue weighted by Gasteiger charge is -2.13. The van der Waals surface area contributed by atoms with Gasteiger partial charge in [0.15, 0.2) is 0 Å². The first-order valence-corrected chi connectivity index (χ1v) is 6.71. The second kappa shape index (κ2) is 7.27. The summed E-state index contributed by atoms with van der Waals surface area (Å²) in [5.41, 5.74) is 0.472. The predicted molar refractivity (Wildman–Crippen MR) is 74.2 cm³/mol. The lowest BCUT2D eigenvalue weighted by molar-refractivity contribution is 0.0938. The molecule has 0 saturated carbocycles. The molecule has 0 radical (unpaired) electrons. The predicted octanol–water partition coefficient (Wildman–Crippen LogP) is 3.74. The van der Waals surface area contributed by atoms with Gasteiger partial charge >= 0.3 is 0 Å². The van der Waals surface area contributed by atoms with Crippen molar-refractivity contribution in [1.29, 1.82) is 0 Å². The Labute approximate surface area is 113 Å². The van der Waals surface area contributed by atoms with E-state index in [4.69, 9.17) is 11.6 Å². The van der Waals surface area contributed by atoms with Gasteiger partial charge in [0.25, 0.3) is 5.91 Å². The van der Waals surface area contributed by atoms with E-state index in [1.165, 1.54) is 25.0 Å². The first-order valence-electron chi connectivity index (χ1n) is 6.34. The zero-order valence-electron chi connectivity index (χ0n) is 10.9. The Kier molecular flexibility index (Phi) is 5.99. The van der Waals surface area contributed by atoms with Crippen LogP contribution in [0.15, 0.2) is 18.2 Å². The summed E-state index contributed by atoms with van der Waals surface area (Å²) in [5.74, 6) is -0.162. The van der Waals surface area contributed by atoms with Gasteiger partial charge in [0, 0.05) is 11.6 Å². The van der Waals surface area contributed by atoms with Gasteiger partial charge < -0.3 is 10.4 Å². The normalized spacial score (nSPS) is 12.2. The molecule has 1 rings (SSSR count). The summed E-state index contributed by atoms with van der Waals surface area (Å²) in [4.78, 5) is 11.9. The van der Waals surface area contributed by atoms with E-state index < -0.39 is 0 Å². The summed E-state index contributed by atoms with van der Waals surface area (Å²) in [6, 6.07) is 4.62. The number of phenolic OH excluding ortho intramolecular Hbond substituents is 1. The summed E-state index contributed by atoms with van der Waals surface area (Å²) in [6.07, 6.45) is 4.46. The monoisotopic (exact) mass is 269 g/mol. The molecule has 0 aliphatic carbocycles. The van der Waals surface area contributed by atoms with Crippen molar-refractivity contribution in [2.24, 2.45) is 0 Å². The van der Waals surface area contributed by atoms with Crippen LogP contribution in [0.2, 0.25) is 5.02 Å². The minimum Gasteiger partial charge on any atom is -0.506 e. The van der Waals surface area contributed by atoms with E-state index in [-0.39, 0.29) is 22.7 Å². The van der Waals surface area contributed by atoms with Gasteiger partial charge in [-0.25, -0.2) is 0 Å². The van der Waals surface area contributed by atoms with Crippen LogP contribution in [0.1, 0.15) is 49.9 Å². The van der Waals surface area contributed by atoms with Gasteiger partial charge in [-0.05, 0) is 31.5 Å². The number of unbranched alkanes of at least 4 members (excludes halogenated alkanes) is 2. The molecule has 1 aromatic carbocycles. The van der Waals surface area contributed by atoms with Crippen molar-refractivity contribution in [3.05, 3.63) is 28.8 Å². The van der Waals surface area contributed by atoms with Gasteiger partial charge in [-0.1, -0.05) is 37.8 Å². The van der Waals surface area contributed by atoms with E-state index in [0.29, 0.717) is 5.56 Å². The maximum absolute atomic E-state index is 11.9. The maximum atomic E-state index is 11.9. The Bertz CT molecular complexity index is 407. The third kappa shape index (κ3) is 4.57. The molecule has 0 saturated heterocycles. The Balaban J connectivity index is 2.51. The molecule has 0 spiro atoms. The van der Waals surface area contributed by atoms with Crippen LogP contribution in [0, 0.1) is 0 Å². The average Bonchev–Trinajstić information content (AvgIpc) is 2.33. The van der Waals surface area contributed by atoms with Crippen molar-refractivity contribution in [2.75, 3.05) is 0 Å². The summed E-state index contributed by atoms with van der Waals surface area (Å²) >= 11 is 5.77. The van der Waals surface area contributed by atoms with Crippen molar-refractivity contribution < 1.29 is 9.90 Å². The maximum Gasteiger partial charge on any atom is 0.251 e. The quantitative estimate of drug-likeness (QED) is 0.773. The first-order chi connectivity index (χ1) is 8.54. The fourth-order valence-corrected chi connectivity index (χ4v) is 1.91. The van der Waals surface area contributed by atoms with Crippen LogP contribution in [-0.4, -0.2) is 17.1 Å². The van der Waals surface area contributed by atoms with Crippen molar-refractivity contribution in [2.45, 2.75) is 45.6 Å². The summed E-state index contributed by atoms with van der Waals surface area (Å²) in [5, 5.41) is 12.4. The number of amides is 1. The van der Waals surface area contributed by atoms with Crippen molar-refractivity contribution in [3.8, 4) is 5.75 Å². The topological polar surface area (TPSA) is 49.3 Å². The Morgan fingerprint density at radius 2 is 2.17 bits per heavy atom. The van der Waals surface area contributed by atoms with Gasteiger partial charge in [-0.3, -0.25) is 4.79 Å². The van der Waals surface area contributed by atoms with E-state index in [2.05, 4.69) is 12.2 Å². The second-order valence-electron chi connectivity index (χ2n) is 4.54. The lowest BCUT2D eigenvalue weighted by Crippen LogP contribution is -2.32. The number of nitrogens with one attached hydrogen (secondary N) is 1. The number of rotatable bonds is 6. The highest BCUT2D eigenvalue weighted by Crippen LogP contribution is 2.23. The number of aromatic hydroxyl groups is 1. The summed E-state index contributed by atoms with van der Waals surface area (Å²) in [7, 11) is 0. The number of hydrogen-bond donors (Lipinski definition) is 2. The minimum atomic E-state index is -0.152. The minimum absolute atomic E-state index is 0.00999. The number of hydrogen-bond acceptors (Lipinski definition) is 2. The molecular weight excluding hydrogens is 250 g/mol. The van der Waals surface area contributed by atoms with Gasteiger partial charge in [-0.2, -0.15) is 0 Å². The third-order valence-electron chi connectivity index (χ3n) is 2.83. The standard InChI is InChI=1S/C14H20ClNO2/c1-3-4-5-6-10(2)16-14(18)11-7-8-13(17)12(15)9-11/h7-10,17H,3-6H2,1-2H3,(H,16,18). The molecule has 1 unspecified atom stereocenters. The molecule has 100 valence electrons. The van der Waals surface area contributed by atoms with Crippen LogP contribution >= 0.6 is 11.6 Å². The number of carbonyl (C=O) groups excluding carboxylic acids is 1. The molecular formula is C14H20ClNO2. The smallest absolute Gasteiger partial charge is 0.251 e. The third-order valence-corrected chi connectivity index (χ3v) is 3.13. The molecule has 1 atom stereocenters. The highest BCUT2D eigenvalue weighted by Gasteiger charge is 2.11. The summed E-state index contributed by atoms with van der Waals surface area (Å²) < 4.78 is 0. The van der Waals surface area contributed by atoms with Gasteiger partial charge in [0.2, 0.25) is 0 Å². The van der Waals surface area contributed by atoms with Gasteiger partial charge in [-0.15, -0.1) is 0 Å². The molecule has 0 heterocycles. The zero-order valence-corrected chi connectivity index (χ0v) is 11.6. The number of halogens is 1. The van der Waals surface area contributed by atoms with E-state index in [1.807, 2.05) is 6.92 Å². The molecule has 3 nitrogen and oxygen atoms in total. The Hall–Kier alpha value is -1.22. The highest BCUT2D eigenvalue weighted by atomic mass is 35.5. The molecule has 18 heavy (non-hydrogen) atoms. The van der Waals surface area contributed by atoms with E-state index in [0.717, 1.165) is 12.8 Å². The number of carbonyl (C=O) groups is 1. The molecule has 1 amide bonds. The van der Waals surface area contributed by atoms with Crippen LogP contribution in [0.5, 0.6) is 5.75 Å². The molecule has 0 aliphatic rings. The summed E-state index contributed by atoms with van der Waals surface area (Å²) in [6.45, 7) is 4.15. The number of phenols is 1. The van der Waals surface area contributed by atoms with Crippen molar-refractivity contribution in [1.82, 2.24) is 5.32 Å². The molecule has 0 aliphatic heterocycles. The SMILES string of the molecule is CCCCCC(C)NC(=O)c1ccc(O)c(Cl)c1. The molecule has 0 bridgehead atoms. The van der Waals surface area contributed by atoms with Gasteiger partial charge in [0.1, 0.15) is 5.75 Å². The zero-order chi connectivity index (χ0) is 13.5. The fourth-order valence-electron chi connectivity index (χ4n) is 1.73. The molecule has 0 aromatic heterocycles. The van der Waals surface area contributed by atoms with Crippen LogP contribution < -0.4 is 5.32 Å². The van der Waals surface area contributed by atoms with Gasteiger partial charge in [0.05, 0.1) is 5.02 Å². The molecule has 0 fully saturated rings. The largest absolute Gasteiger partial charge is 0.506 e. The molecule has 2 N–H and O–H groups in total. The average molecular weight is 270 g/mol. The van der Waals surface area contributed by atoms with E-state index >= 15 is 0 Å². The van der Waals surface area contributed by atoms with E-state index in [1.54, 1.807) is 6.07 Å². The fraction of sp³-hybridized carbons (Fsp3) is 0.500.